The highest BCUT2D eigenvalue weighted by atomic mass is 32.2. The van der Waals surface area contributed by atoms with Crippen molar-refractivity contribution in [3.63, 3.8) is 0 Å². The van der Waals surface area contributed by atoms with Gasteiger partial charge in [-0.05, 0) is 48.2 Å². The Bertz CT molecular complexity index is 1200. The molecule has 0 saturated carbocycles. The van der Waals surface area contributed by atoms with Crippen LogP contribution >= 0.6 is 0 Å². The molecule has 32 heavy (non-hydrogen) atoms. The number of para-hydroxylation sites is 1. The van der Waals surface area contributed by atoms with Crippen LogP contribution in [0.25, 0.3) is 0 Å². The highest BCUT2D eigenvalue weighted by molar-refractivity contribution is 7.92. The molecule has 0 unspecified atom stereocenters. The third-order valence-corrected chi connectivity index (χ3v) is 6.21. The van der Waals surface area contributed by atoms with Gasteiger partial charge >= 0.3 is 0 Å². The molecule has 0 fully saturated rings. The van der Waals surface area contributed by atoms with Gasteiger partial charge in [-0.3, -0.25) is 9.10 Å². The number of nitrogens with one attached hydrogen (secondary N) is 2. The van der Waals surface area contributed by atoms with Crippen LogP contribution < -0.4 is 14.9 Å². The first-order valence-corrected chi connectivity index (χ1v) is 12.0. The van der Waals surface area contributed by atoms with E-state index in [1.165, 1.54) is 10.6 Å². The standard InChI is InChI=1S/C23H27N5O3S/c1-24-22(29)16-17-7-6-9-20(15-17)27-23-25-14-13-19(26-23)12-11-18-8-4-5-10-21(18)28(2)32(3,30)31/h4-10,13-15H,11-12,16H2,1-3H3,(H,24,29)(H,25,26,27). The number of aryl methyl sites for hydroxylation is 2. The molecular formula is C23H27N5O3S. The number of likely N-dealkylation sites (N-methyl/N-ethyl adjacent to an activating group) is 1. The molecule has 0 radical (unpaired) electrons. The molecule has 2 N–H and O–H groups in total. The summed E-state index contributed by atoms with van der Waals surface area (Å²) in [5, 5.41) is 5.80. The van der Waals surface area contributed by atoms with Gasteiger partial charge in [0.2, 0.25) is 21.9 Å². The number of carbonyl (C=O) groups excluding carboxylic acids is 1. The zero-order valence-electron chi connectivity index (χ0n) is 18.4. The fourth-order valence-electron chi connectivity index (χ4n) is 3.23. The van der Waals surface area contributed by atoms with Gasteiger partial charge in [0.05, 0.1) is 18.4 Å². The van der Waals surface area contributed by atoms with Gasteiger partial charge in [0.15, 0.2) is 0 Å². The lowest BCUT2D eigenvalue weighted by molar-refractivity contribution is -0.119. The minimum absolute atomic E-state index is 0.0535. The monoisotopic (exact) mass is 453 g/mol. The molecule has 8 nitrogen and oxygen atoms in total. The number of benzene rings is 2. The Morgan fingerprint density at radius 2 is 1.84 bits per heavy atom. The van der Waals surface area contributed by atoms with Crippen LogP contribution in [0.15, 0.2) is 60.8 Å². The number of carbonyl (C=O) groups is 1. The van der Waals surface area contributed by atoms with Crippen LogP contribution in [-0.2, 0) is 34.1 Å². The van der Waals surface area contributed by atoms with E-state index in [-0.39, 0.29) is 5.91 Å². The molecule has 0 aliphatic carbocycles. The maximum atomic E-state index is 12.0. The summed E-state index contributed by atoms with van der Waals surface area (Å²) < 4.78 is 25.2. The molecule has 1 amide bonds. The zero-order chi connectivity index (χ0) is 23.1. The van der Waals surface area contributed by atoms with Crippen molar-refractivity contribution in [2.24, 2.45) is 0 Å². The number of aromatic nitrogens is 2. The van der Waals surface area contributed by atoms with Gasteiger partial charge in [-0.25, -0.2) is 18.4 Å². The van der Waals surface area contributed by atoms with Crippen LogP contribution in [0.5, 0.6) is 0 Å². The Balaban J connectivity index is 1.71. The SMILES string of the molecule is CNC(=O)Cc1cccc(Nc2nccc(CCc3ccccc3N(C)S(C)(=O)=O)n2)c1. The molecule has 1 heterocycles. The summed E-state index contributed by atoms with van der Waals surface area (Å²) in [6, 6.07) is 16.8. The summed E-state index contributed by atoms with van der Waals surface area (Å²) >= 11 is 0. The molecule has 3 rings (SSSR count). The second-order valence-electron chi connectivity index (χ2n) is 7.41. The minimum Gasteiger partial charge on any atom is -0.359 e. The third-order valence-electron chi connectivity index (χ3n) is 5.02. The van der Waals surface area contributed by atoms with E-state index in [1.807, 2.05) is 48.5 Å². The van der Waals surface area contributed by atoms with Crippen molar-refractivity contribution in [3.05, 3.63) is 77.6 Å². The summed E-state index contributed by atoms with van der Waals surface area (Å²) in [7, 11) is -0.176. The van der Waals surface area contributed by atoms with Gasteiger partial charge in [0.25, 0.3) is 0 Å². The van der Waals surface area contributed by atoms with E-state index in [1.54, 1.807) is 26.4 Å². The number of nitrogens with zero attached hydrogens (tertiary/aromatic N) is 3. The molecule has 1 aromatic heterocycles. The smallest absolute Gasteiger partial charge is 0.232 e. The average molecular weight is 454 g/mol. The largest absolute Gasteiger partial charge is 0.359 e. The Kier molecular flexibility index (Phi) is 7.42. The Hall–Kier alpha value is -3.46. The maximum Gasteiger partial charge on any atom is 0.232 e. The lowest BCUT2D eigenvalue weighted by atomic mass is 10.1. The summed E-state index contributed by atoms with van der Waals surface area (Å²) in [6.07, 6.45) is 4.44. The van der Waals surface area contributed by atoms with E-state index < -0.39 is 10.0 Å². The third kappa shape index (κ3) is 6.27. The van der Waals surface area contributed by atoms with Gasteiger partial charge in [-0.1, -0.05) is 30.3 Å². The van der Waals surface area contributed by atoms with Crippen LogP contribution in [0.3, 0.4) is 0 Å². The highest BCUT2D eigenvalue weighted by Crippen LogP contribution is 2.23. The topological polar surface area (TPSA) is 104 Å². The molecule has 168 valence electrons. The van der Waals surface area contributed by atoms with E-state index in [0.29, 0.717) is 30.9 Å². The second-order valence-corrected chi connectivity index (χ2v) is 9.42. The van der Waals surface area contributed by atoms with Crippen molar-refractivity contribution in [3.8, 4) is 0 Å². The van der Waals surface area contributed by atoms with Gasteiger partial charge < -0.3 is 10.6 Å². The number of hydrogen-bond acceptors (Lipinski definition) is 6. The molecule has 9 heteroatoms. The summed E-state index contributed by atoms with van der Waals surface area (Å²) in [6.45, 7) is 0. The number of amides is 1. The number of sulfonamides is 1. The van der Waals surface area contributed by atoms with E-state index in [4.69, 9.17) is 0 Å². The number of rotatable bonds is 9. The van der Waals surface area contributed by atoms with Crippen LogP contribution in [0.4, 0.5) is 17.3 Å². The molecule has 0 bridgehead atoms. The van der Waals surface area contributed by atoms with Gasteiger partial charge in [-0.2, -0.15) is 0 Å². The maximum absolute atomic E-state index is 12.0. The Morgan fingerprint density at radius 1 is 1.06 bits per heavy atom. The van der Waals surface area contributed by atoms with Gasteiger partial charge in [0, 0.05) is 31.7 Å². The van der Waals surface area contributed by atoms with E-state index >= 15 is 0 Å². The van der Waals surface area contributed by atoms with E-state index in [0.717, 1.165) is 22.5 Å². The summed E-state index contributed by atoms with van der Waals surface area (Å²) in [5.41, 5.74) is 4.10. The lowest BCUT2D eigenvalue weighted by Crippen LogP contribution is -2.26. The fraction of sp³-hybridized carbons (Fsp3) is 0.261. The van der Waals surface area contributed by atoms with Crippen LogP contribution in [0.2, 0.25) is 0 Å². The molecule has 0 saturated heterocycles. The van der Waals surface area contributed by atoms with Crippen molar-refractivity contribution in [1.82, 2.24) is 15.3 Å². The molecule has 0 spiro atoms. The van der Waals surface area contributed by atoms with Crippen LogP contribution in [-0.4, -0.2) is 44.6 Å². The first kappa shape index (κ1) is 23.2. The van der Waals surface area contributed by atoms with E-state index in [2.05, 4.69) is 20.6 Å². The molecule has 2 aromatic carbocycles. The van der Waals surface area contributed by atoms with Gasteiger partial charge in [0.1, 0.15) is 0 Å². The number of anilines is 3. The predicted molar refractivity (Wildman–Crippen MR) is 127 cm³/mol. The average Bonchev–Trinajstić information content (AvgIpc) is 2.77. The molecular weight excluding hydrogens is 426 g/mol. The van der Waals surface area contributed by atoms with Crippen molar-refractivity contribution < 1.29 is 13.2 Å². The highest BCUT2D eigenvalue weighted by Gasteiger charge is 2.15. The quantitative estimate of drug-likeness (QED) is 0.516. The number of hydrogen-bond donors (Lipinski definition) is 2. The van der Waals surface area contributed by atoms with Crippen LogP contribution in [0, 0.1) is 0 Å². The predicted octanol–water partition coefficient (Wildman–Crippen LogP) is 2.69. The summed E-state index contributed by atoms with van der Waals surface area (Å²) in [5.74, 6) is 0.406. The molecule has 3 aromatic rings. The minimum atomic E-state index is -3.34. The van der Waals surface area contributed by atoms with Crippen LogP contribution in [0.1, 0.15) is 16.8 Å². The van der Waals surface area contributed by atoms with Crippen molar-refractivity contribution >= 4 is 33.3 Å². The summed E-state index contributed by atoms with van der Waals surface area (Å²) in [4.78, 5) is 20.5. The van der Waals surface area contributed by atoms with Crippen molar-refractivity contribution in [2.75, 3.05) is 30.0 Å². The second kappa shape index (κ2) is 10.2. The molecule has 0 atom stereocenters. The zero-order valence-corrected chi connectivity index (χ0v) is 19.2. The first-order valence-electron chi connectivity index (χ1n) is 10.2. The Morgan fingerprint density at radius 3 is 2.59 bits per heavy atom. The Labute approximate surface area is 188 Å². The first-order chi connectivity index (χ1) is 15.3. The van der Waals surface area contributed by atoms with Crippen molar-refractivity contribution in [2.45, 2.75) is 19.3 Å². The molecule has 0 aliphatic heterocycles. The van der Waals surface area contributed by atoms with Crippen molar-refractivity contribution in [1.29, 1.82) is 0 Å². The normalized spacial score (nSPS) is 11.1. The lowest BCUT2D eigenvalue weighted by Gasteiger charge is -2.20. The molecule has 0 aliphatic rings. The fourth-order valence-corrected chi connectivity index (χ4v) is 3.76. The van der Waals surface area contributed by atoms with E-state index in [9.17, 15) is 13.2 Å². The van der Waals surface area contributed by atoms with Gasteiger partial charge in [-0.15, -0.1) is 0 Å².